The van der Waals surface area contributed by atoms with Crippen molar-refractivity contribution in [3.63, 3.8) is 0 Å². The van der Waals surface area contributed by atoms with E-state index in [-0.39, 0.29) is 5.91 Å². The number of piperazine rings is 1. The van der Waals surface area contributed by atoms with Gasteiger partial charge in [0.25, 0.3) is 0 Å². The van der Waals surface area contributed by atoms with E-state index in [0.717, 1.165) is 36.8 Å². The second kappa shape index (κ2) is 8.89. The highest BCUT2D eigenvalue weighted by Crippen LogP contribution is 2.26. The average Bonchev–Trinajstić information content (AvgIpc) is 2.73. The number of likely N-dealkylation sites (N-methyl/N-ethyl adjacent to an activating group) is 1. The van der Waals surface area contributed by atoms with E-state index >= 15 is 0 Å². The molecule has 5 heteroatoms. The highest BCUT2D eigenvalue weighted by atomic mass is 32.2. The molecule has 1 fully saturated rings. The quantitative estimate of drug-likeness (QED) is 0.628. The van der Waals surface area contributed by atoms with E-state index < -0.39 is 0 Å². The first-order chi connectivity index (χ1) is 14.1. The van der Waals surface area contributed by atoms with Gasteiger partial charge in [0.2, 0.25) is 5.91 Å². The largest absolute Gasteiger partial charge is 0.369 e. The zero-order valence-corrected chi connectivity index (χ0v) is 17.8. The van der Waals surface area contributed by atoms with Crippen LogP contribution in [0.1, 0.15) is 5.56 Å². The first-order valence-electron chi connectivity index (χ1n) is 10.0. The Labute approximate surface area is 176 Å². The molecule has 1 N–H and O–H groups in total. The third-order valence-corrected chi connectivity index (χ3v) is 6.41. The number of hydrogen-bond acceptors (Lipinski definition) is 4. The molecule has 29 heavy (non-hydrogen) atoms. The molecule has 0 aromatic heterocycles. The van der Waals surface area contributed by atoms with E-state index in [2.05, 4.69) is 71.6 Å². The van der Waals surface area contributed by atoms with Gasteiger partial charge in [-0.2, -0.15) is 0 Å². The maximum absolute atomic E-state index is 12.4. The summed E-state index contributed by atoms with van der Waals surface area (Å²) < 4.78 is 0. The van der Waals surface area contributed by atoms with Gasteiger partial charge in [-0.3, -0.25) is 4.79 Å². The second-order valence-corrected chi connectivity index (χ2v) is 8.69. The van der Waals surface area contributed by atoms with Gasteiger partial charge in [-0.1, -0.05) is 30.3 Å². The number of benzene rings is 3. The minimum absolute atomic E-state index is 0.0231. The highest BCUT2D eigenvalue weighted by Gasteiger charge is 2.16. The molecular weight excluding hydrogens is 378 g/mol. The predicted octanol–water partition coefficient (Wildman–Crippen LogP) is 4.63. The summed E-state index contributed by atoms with van der Waals surface area (Å²) in [7, 11) is 2.17. The Kier molecular flexibility index (Phi) is 6.07. The third-order valence-electron chi connectivity index (χ3n) is 5.42. The van der Waals surface area contributed by atoms with E-state index in [1.807, 2.05) is 18.2 Å². The van der Waals surface area contributed by atoms with Crippen molar-refractivity contribution < 1.29 is 4.79 Å². The summed E-state index contributed by atoms with van der Waals surface area (Å²) in [5, 5.41) is 5.46. The number of nitrogens with zero attached hydrogens (tertiary/aromatic N) is 2. The van der Waals surface area contributed by atoms with Crippen LogP contribution in [0.3, 0.4) is 0 Å². The van der Waals surface area contributed by atoms with E-state index in [0.29, 0.717) is 5.75 Å². The van der Waals surface area contributed by atoms with Crippen molar-refractivity contribution in [2.24, 2.45) is 0 Å². The molecule has 0 bridgehead atoms. The Morgan fingerprint density at radius 1 is 0.966 bits per heavy atom. The van der Waals surface area contributed by atoms with E-state index in [1.54, 1.807) is 11.8 Å². The number of aryl methyl sites for hydroxylation is 1. The molecular formula is C24H27N3OS. The van der Waals surface area contributed by atoms with Gasteiger partial charge in [0.1, 0.15) is 0 Å². The molecule has 0 atom stereocenters. The average molecular weight is 406 g/mol. The molecule has 3 aromatic carbocycles. The predicted molar refractivity (Wildman–Crippen MR) is 124 cm³/mol. The van der Waals surface area contributed by atoms with E-state index in [4.69, 9.17) is 0 Å². The molecule has 4 rings (SSSR count). The van der Waals surface area contributed by atoms with Gasteiger partial charge < -0.3 is 15.1 Å². The fourth-order valence-electron chi connectivity index (χ4n) is 3.74. The Morgan fingerprint density at radius 2 is 1.72 bits per heavy atom. The minimum atomic E-state index is 0.0231. The molecule has 0 spiro atoms. The Bertz CT molecular complexity index is 1010. The van der Waals surface area contributed by atoms with Gasteiger partial charge >= 0.3 is 0 Å². The zero-order valence-electron chi connectivity index (χ0n) is 17.0. The van der Waals surface area contributed by atoms with E-state index in [9.17, 15) is 4.79 Å². The molecule has 1 heterocycles. The summed E-state index contributed by atoms with van der Waals surface area (Å²) in [5.41, 5.74) is 3.33. The lowest BCUT2D eigenvalue weighted by atomic mass is 10.1. The van der Waals surface area contributed by atoms with E-state index in [1.165, 1.54) is 22.0 Å². The van der Waals surface area contributed by atoms with Crippen LogP contribution in [0.4, 0.5) is 11.4 Å². The Hall–Kier alpha value is -2.50. The molecule has 0 aliphatic carbocycles. The number of anilines is 2. The van der Waals surface area contributed by atoms with Crippen LogP contribution in [0.5, 0.6) is 0 Å². The SMILES string of the molecule is Cc1cc(NC(=O)CSc2ccc3ccccc3c2)ccc1N1CCN(C)CC1. The molecule has 1 saturated heterocycles. The number of amides is 1. The number of fused-ring (bicyclic) bond motifs is 1. The fourth-order valence-corrected chi connectivity index (χ4v) is 4.48. The molecule has 4 nitrogen and oxygen atoms in total. The van der Waals surface area contributed by atoms with Crippen LogP contribution in [0, 0.1) is 6.92 Å². The molecule has 0 unspecified atom stereocenters. The number of hydrogen-bond donors (Lipinski definition) is 1. The Balaban J connectivity index is 1.34. The van der Waals surface area contributed by atoms with Gasteiger partial charge in [-0.25, -0.2) is 0 Å². The van der Waals surface area contributed by atoms with Gasteiger partial charge in [-0.05, 0) is 60.6 Å². The molecule has 1 aliphatic rings. The summed E-state index contributed by atoms with van der Waals surface area (Å²) in [5.74, 6) is 0.423. The zero-order chi connectivity index (χ0) is 20.2. The van der Waals surface area contributed by atoms with Gasteiger partial charge in [0.15, 0.2) is 0 Å². The number of thioether (sulfide) groups is 1. The third kappa shape index (κ3) is 4.92. The maximum Gasteiger partial charge on any atom is 0.234 e. The summed E-state index contributed by atoms with van der Waals surface area (Å²) >= 11 is 1.57. The normalized spacial score (nSPS) is 14.9. The first-order valence-corrected chi connectivity index (χ1v) is 11.0. The maximum atomic E-state index is 12.4. The van der Waals surface area contributed by atoms with Crippen molar-refractivity contribution in [3.8, 4) is 0 Å². The monoisotopic (exact) mass is 405 g/mol. The van der Waals surface area contributed by atoms with Crippen LogP contribution in [-0.2, 0) is 4.79 Å². The number of carbonyl (C=O) groups is 1. The van der Waals surface area contributed by atoms with Crippen LogP contribution >= 0.6 is 11.8 Å². The van der Waals surface area contributed by atoms with Crippen LogP contribution in [0.15, 0.2) is 65.6 Å². The van der Waals surface area contributed by atoms with Crippen molar-refractivity contribution in [2.45, 2.75) is 11.8 Å². The lowest BCUT2D eigenvalue weighted by molar-refractivity contribution is -0.113. The van der Waals surface area contributed by atoms with Gasteiger partial charge in [0, 0.05) is 42.4 Å². The van der Waals surface area contributed by atoms with Crippen LogP contribution in [0.2, 0.25) is 0 Å². The highest BCUT2D eigenvalue weighted by molar-refractivity contribution is 8.00. The molecule has 1 aliphatic heterocycles. The second-order valence-electron chi connectivity index (χ2n) is 7.64. The summed E-state index contributed by atoms with van der Waals surface area (Å²) in [6, 6.07) is 20.8. The molecule has 3 aromatic rings. The summed E-state index contributed by atoms with van der Waals surface area (Å²) in [4.78, 5) is 18.3. The number of nitrogens with one attached hydrogen (secondary N) is 1. The number of carbonyl (C=O) groups excluding carboxylic acids is 1. The Morgan fingerprint density at radius 3 is 2.48 bits per heavy atom. The molecule has 0 saturated carbocycles. The molecule has 0 radical (unpaired) electrons. The van der Waals surface area contributed by atoms with Crippen LogP contribution in [0.25, 0.3) is 10.8 Å². The van der Waals surface area contributed by atoms with Crippen molar-refractivity contribution in [1.82, 2.24) is 4.90 Å². The summed E-state index contributed by atoms with van der Waals surface area (Å²) in [6.45, 7) is 6.39. The number of rotatable bonds is 5. The summed E-state index contributed by atoms with van der Waals surface area (Å²) in [6.07, 6.45) is 0. The van der Waals surface area contributed by atoms with Crippen LogP contribution in [-0.4, -0.2) is 49.8 Å². The molecule has 150 valence electrons. The van der Waals surface area contributed by atoms with Gasteiger partial charge in [0.05, 0.1) is 5.75 Å². The van der Waals surface area contributed by atoms with Gasteiger partial charge in [-0.15, -0.1) is 11.8 Å². The lowest BCUT2D eigenvalue weighted by Crippen LogP contribution is -2.44. The van der Waals surface area contributed by atoms with Crippen molar-refractivity contribution in [3.05, 3.63) is 66.2 Å². The topological polar surface area (TPSA) is 35.6 Å². The smallest absolute Gasteiger partial charge is 0.234 e. The van der Waals surface area contributed by atoms with Crippen molar-refractivity contribution in [2.75, 3.05) is 49.2 Å². The van der Waals surface area contributed by atoms with Crippen LogP contribution < -0.4 is 10.2 Å². The molecule has 1 amide bonds. The van der Waals surface area contributed by atoms with Crippen molar-refractivity contribution in [1.29, 1.82) is 0 Å². The van der Waals surface area contributed by atoms with Crippen molar-refractivity contribution >= 4 is 39.8 Å². The minimum Gasteiger partial charge on any atom is -0.369 e. The standard InChI is InChI=1S/C24H27N3OS/c1-18-15-21(8-10-23(18)27-13-11-26(2)12-14-27)25-24(28)17-29-22-9-7-19-5-3-4-6-20(19)16-22/h3-10,15-16H,11-14,17H2,1-2H3,(H,25,28). The fraction of sp³-hybridized carbons (Fsp3) is 0.292. The first kappa shape index (κ1) is 19.8. The lowest BCUT2D eigenvalue weighted by Gasteiger charge is -2.35.